The van der Waals surface area contributed by atoms with Crippen LogP contribution < -0.4 is 37.2 Å². The molecular formula is C22H23Cl3Ti. The van der Waals surface area contributed by atoms with E-state index in [1.165, 1.54) is 16.7 Å². The number of hydrogen-bond donors (Lipinski definition) is 0. The van der Waals surface area contributed by atoms with Crippen molar-refractivity contribution in [3.63, 3.8) is 0 Å². The average Bonchev–Trinajstić information content (AvgIpc) is 2.93. The van der Waals surface area contributed by atoms with Gasteiger partial charge in [-0.3, -0.25) is 0 Å². The second-order valence-corrected chi connectivity index (χ2v) is 8.72. The zero-order valence-electron chi connectivity index (χ0n) is 15.2. The van der Waals surface area contributed by atoms with E-state index >= 15 is 0 Å². The molecule has 2 aromatic carbocycles. The Morgan fingerprint density at radius 3 is 1.54 bits per heavy atom. The van der Waals surface area contributed by atoms with Crippen LogP contribution in [-0.4, -0.2) is 0 Å². The number of rotatable bonds is 3. The van der Waals surface area contributed by atoms with E-state index in [4.69, 9.17) is 0 Å². The van der Waals surface area contributed by atoms with Gasteiger partial charge in [0.15, 0.2) is 0 Å². The molecule has 0 fully saturated rings. The molecule has 0 aromatic heterocycles. The minimum atomic E-state index is 0. The summed E-state index contributed by atoms with van der Waals surface area (Å²) in [5, 5.41) is 0. The van der Waals surface area contributed by atoms with Gasteiger partial charge in [-0.1, -0.05) is 0 Å². The molecule has 1 unspecified atom stereocenters. The van der Waals surface area contributed by atoms with E-state index in [0.717, 1.165) is 0 Å². The van der Waals surface area contributed by atoms with E-state index in [2.05, 4.69) is 120 Å². The normalized spacial score (nSPS) is 18.5. The third kappa shape index (κ3) is 5.50. The molecule has 2 aromatic rings. The van der Waals surface area contributed by atoms with Gasteiger partial charge in [0.2, 0.25) is 0 Å². The van der Waals surface area contributed by atoms with E-state index in [0.29, 0.717) is 5.92 Å². The molecule has 1 atom stereocenters. The molecule has 0 saturated heterocycles. The molecule has 0 saturated carbocycles. The average molecular weight is 442 g/mol. The second kappa shape index (κ2) is 10.2. The Balaban J connectivity index is 0.00000208. The first-order valence-electron chi connectivity index (χ1n) is 8.18. The standard InChI is InChI=1S/C22H23.3ClH.Ti/c1-22(2,3)20-15-14-19(16-20)21(17-10-6-4-7-11-17)18-12-8-5-9-13-18;;;;/h4-16,21H,1-3H3;3*1H;/q;;;;+3/p-3. The number of hydrogen-bond acceptors (Lipinski definition) is 0. The van der Waals surface area contributed by atoms with Crippen molar-refractivity contribution in [3.8, 4) is 0 Å². The van der Waals surface area contributed by atoms with Gasteiger partial charge in [0.05, 0.1) is 0 Å². The van der Waals surface area contributed by atoms with E-state index < -0.39 is 0 Å². The van der Waals surface area contributed by atoms with Gasteiger partial charge in [-0.2, -0.15) is 0 Å². The Kier molecular flexibility index (Phi) is 9.97. The van der Waals surface area contributed by atoms with E-state index in [-0.39, 0.29) is 46.4 Å². The van der Waals surface area contributed by atoms with Crippen molar-refractivity contribution >= 4 is 0 Å². The molecule has 0 aliphatic heterocycles. The van der Waals surface area contributed by atoms with Gasteiger partial charge in [-0.15, -0.1) is 0 Å². The molecule has 0 spiro atoms. The minimum absolute atomic E-state index is 0. The summed E-state index contributed by atoms with van der Waals surface area (Å²) >= 11 is 2.35. The van der Waals surface area contributed by atoms with Crippen molar-refractivity contribution in [2.75, 3.05) is 0 Å². The second-order valence-electron chi connectivity index (χ2n) is 7.37. The summed E-state index contributed by atoms with van der Waals surface area (Å²) in [4.78, 5) is 0. The Morgan fingerprint density at radius 2 is 1.19 bits per heavy atom. The Hall–Kier alpha value is -0.496. The van der Waals surface area contributed by atoms with Crippen LogP contribution in [0.3, 0.4) is 0 Å². The smallest absolute Gasteiger partial charge is 1.00 e. The summed E-state index contributed by atoms with van der Waals surface area (Å²) in [7, 11) is 0. The quantitative estimate of drug-likeness (QED) is 0.448. The third-order valence-corrected chi connectivity index (χ3v) is 5.48. The van der Waals surface area contributed by atoms with Crippen LogP contribution in [0.1, 0.15) is 37.8 Å². The predicted molar refractivity (Wildman–Crippen MR) is 94.1 cm³/mol. The summed E-state index contributed by atoms with van der Waals surface area (Å²) in [5.41, 5.74) is 4.36. The Labute approximate surface area is 188 Å². The Morgan fingerprint density at radius 1 is 0.769 bits per heavy atom. The fraction of sp³-hybridized carbons (Fsp3) is 0.273. The van der Waals surface area contributed by atoms with Crippen molar-refractivity contribution in [3.05, 3.63) is 95.6 Å². The fourth-order valence-corrected chi connectivity index (χ4v) is 4.16. The van der Waals surface area contributed by atoms with Crippen LogP contribution in [0.5, 0.6) is 0 Å². The monoisotopic (exact) mass is 440 g/mol. The van der Waals surface area contributed by atoms with Crippen molar-refractivity contribution < 1.29 is 57.7 Å². The van der Waals surface area contributed by atoms with E-state index in [1.54, 1.807) is 0 Å². The molecule has 136 valence electrons. The van der Waals surface area contributed by atoms with Crippen LogP contribution in [0.15, 0.2) is 84.5 Å². The summed E-state index contributed by atoms with van der Waals surface area (Å²) in [6.07, 6.45) is 7.18. The molecule has 1 aliphatic carbocycles. The van der Waals surface area contributed by atoms with Gasteiger partial charge in [0, 0.05) is 0 Å². The van der Waals surface area contributed by atoms with Gasteiger partial charge >= 0.3 is 152 Å². The molecule has 0 nitrogen and oxygen atoms in total. The number of benzene rings is 2. The number of halogens is 3. The van der Waals surface area contributed by atoms with Crippen LogP contribution in [0.4, 0.5) is 0 Å². The summed E-state index contributed by atoms with van der Waals surface area (Å²) in [6.45, 7) is 6.86. The van der Waals surface area contributed by atoms with Gasteiger partial charge in [0.1, 0.15) is 0 Å². The summed E-state index contributed by atoms with van der Waals surface area (Å²) in [6, 6.07) is 21.7. The summed E-state index contributed by atoms with van der Waals surface area (Å²) < 4.78 is 0.00528. The van der Waals surface area contributed by atoms with Gasteiger partial charge in [-0.25, -0.2) is 0 Å². The number of allylic oxidation sites excluding steroid dienone is 4. The maximum Gasteiger partial charge on any atom is -1.00 e. The molecule has 0 heterocycles. The van der Waals surface area contributed by atoms with Gasteiger partial charge in [0.25, 0.3) is 0 Å². The molecular weight excluding hydrogens is 418 g/mol. The minimum Gasteiger partial charge on any atom is -1.00 e. The van der Waals surface area contributed by atoms with Crippen LogP contribution in [0.2, 0.25) is 3.72 Å². The van der Waals surface area contributed by atoms with Crippen LogP contribution in [0, 0.1) is 5.41 Å². The molecule has 4 heteroatoms. The molecule has 3 rings (SSSR count). The van der Waals surface area contributed by atoms with Gasteiger partial charge in [-0.05, 0) is 0 Å². The topological polar surface area (TPSA) is 0 Å². The molecule has 26 heavy (non-hydrogen) atoms. The van der Waals surface area contributed by atoms with Gasteiger partial charge < -0.3 is 37.2 Å². The van der Waals surface area contributed by atoms with Crippen molar-refractivity contribution in [2.24, 2.45) is 5.41 Å². The first-order chi connectivity index (χ1) is 10.9. The van der Waals surface area contributed by atoms with E-state index in [9.17, 15) is 0 Å². The van der Waals surface area contributed by atoms with Crippen LogP contribution in [-0.2, 0) is 20.4 Å². The van der Waals surface area contributed by atoms with Crippen molar-refractivity contribution in [2.45, 2.75) is 30.4 Å². The SMILES string of the molecule is CC(C)(C)C1=C[C]([Ti+3])(C(c2ccccc2)c2ccccc2)C=C1.[Cl-].[Cl-].[Cl-]. The van der Waals surface area contributed by atoms with Crippen molar-refractivity contribution in [1.29, 1.82) is 0 Å². The maximum atomic E-state index is 2.47. The Bertz CT molecular complexity index is 693. The zero-order chi connectivity index (χ0) is 16.5. The zero-order valence-corrected chi connectivity index (χ0v) is 19.0. The summed E-state index contributed by atoms with van der Waals surface area (Å²) in [5.74, 6) is 0.334. The van der Waals surface area contributed by atoms with Crippen molar-refractivity contribution in [1.82, 2.24) is 0 Å². The first kappa shape index (κ1) is 25.5. The van der Waals surface area contributed by atoms with E-state index in [1.807, 2.05) is 0 Å². The van der Waals surface area contributed by atoms with Crippen LogP contribution >= 0.6 is 0 Å². The first-order valence-corrected chi connectivity index (χ1v) is 8.96. The molecule has 0 amide bonds. The largest absolute Gasteiger partial charge is 1.00 e. The maximum absolute atomic E-state index is 2.47. The predicted octanol–water partition coefficient (Wildman–Crippen LogP) is -2.92. The molecule has 0 radical (unpaired) electrons. The van der Waals surface area contributed by atoms with Crippen LogP contribution in [0.25, 0.3) is 0 Å². The molecule has 1 aliphatic rings. The third-order valence-electron chi connectivity index (χ3n) is 4.54. The fourth-order valence-electron chi connectivity index (χ4n) is 3.26. The molecule has 0 N–H and O–H groups in total. The molecule has 0 bridgehead atoms.